The summed E-state index contributed by atoms with van der Waals surface area (Å²) in [6.45, 7) is -0.768. The van der Waals surface area contributed by atoms with Crippen LogP contribution in [0.15, 0.2) is 21.8 Å². The summed E-state index contributed by atoms with van der Waals surface area (Å²) in [5.74, 6) is 0. The van der Waals surface area contributed by atoms with Crippen LogP contribution in [0.25, 0.3) is 0 Å². The lowest BCUT2D eigenvalue weighted by Gasteiger charge is -1.83. The van der Waals surface area contributed by atoms with Crippen molar-refractivity contribution in [1.82, 2.24) is 0 Å². The second kappa shape index (κ2) is 2.83. The lowest BCUT2D eigenvalue weighted by Crippen LogP contribution is -1.85. The minimum absolute atomic E-state index is 0.157. The van der Waals surface area contributed by atoms with Crippen LogP contribution >= 0.6 is 10.7 Å². The average Bonchev–Trinajstić information content (AvgIpc) is 2.32. The third kappa shape index (κ3) is 1.94. The van der Waals surface area contributed by atoms with Gasteiger partial charge in [-0.2, -0.15) is 0 Å². The molecule has 0 saturated carbocycles. The molecule has 6 heteroatoms. The highest BCUT2D eigenvalue weighted by Gasteiger charge is 2.14. The number of hydrogen-bond acceptors (Lipinski definition) is 3. The van der Waals surface area contributed by atoms with Gasteiger partial charge in [-0.3, -0.25) is 0 Å². The van der Waals surface area contributed by atoms with Gasteiger partial charge in [0.15, 0.2) is 0 Å². The van der Waals surface area contributed by atoms with Gasteiger partial charge in [-0.15, -0.1) is 0 Å². The average molecular weight is 199 g/mol. The highest BCUT2D eigenvalue weighted by atomic mass is 35.7. The van der Waals surface area contributed by atoms with E-state index in [2.05, 4.69) is 4.42 Å². The molecular formula is C5H4ClFO3S. The van der Waals surface area contributed by atoms with E-state index in [0.29, 0.717) is 0 Å². The fraction of sp³-hybridized carbons (Fsp3) is 0.200. The molecule has 0 spiro atoms. The summed E-state index contributed by atoms with van der Waals surface area (Å²) in [6, 6.07) is 1.04. The minimum atomic E-state index is -3.85. The van der Waals surface area contributed by atoms with E-state index in [1.807, 2.05) is 0 Å². The van der Waals surface area contributed by atoms with Crippen LogP contribution in [0, 0.1) is 0 Å². The standard InChI is InChI=1S/C5H4ClFO3S/c6-11(8,9)5-1-4(2-7)3-10-5/h1,3H,2H2. The summed E-state index contributed by atoms with van der Waals surface area (Å²) in [5, 5.41) is -0.424. The Kier molecular flexibility index (Phi) is 2.20. The van der Waals surface area contributed by atoms with Gasteiger partial charge in [0.2, 0.25) is 5.09 Å². The second-order valence-corrected chi connectivity index (χ2v) is 4.34. The lowest BCUT2D eigenvalue weighted by molar-refractivity contribution is 0.445. The zero-order valence-corrected chi connectivity index (χ0v) is 6.82. The molecule has 0 saturated heterocycles. The second-order valence-electron chi connectivity index (χ2n) is 1.85. The van der Waals surface area contributed by atoms with Crippen LogP contribution in [0.1, 0.15) is 5.56 Å². The molecule has 0 fully saturated rings. The molecule has 0 aliphatic heterocycles. The molecule has 0 aliphatic rings. The first-order valence-electron chi connectivity index (χ1n) is 2.62. The van der Waals surface area contributed by atoms with Crippen LogP contribution in [-0.4, -0.2) is 8.42 Å². The quantitative estimate of drug-likeness (QED) is 0.680. The van der Waals surface area contributed by atoms with Gasteiger partial charge in [-0.25, -0.2) is 12.8 Å². The predicted octanol–water partition coefficient (Wildman–Crippen LogP) is 1.68. The van der Waals surface area contributed by atoms with E-state index in [1.165, 1.54) is 0 Å². The van der Waals surface area contributed by atoms with Crippen molar-refractivity contribution in [2.45, 2.75) is 11.8 Å². The van der Waals surface area contributed by atoms with E-state index in [-0.39, 0.29) is 5.56 Å². The van der Waals surface area contributed by atoms with Gasteiger partial charge in [-0.1, -0.05) is 0 Å². The Hall–Kier alpha value is -0.550. The molecule has 3 nitrogen and oxygen atoms in total. The Morgan fingerprint density at radius 1 is 1.64 bits per heavy atom. The van der Waals surface area contributed by atoms with Crippen molar-refractivity contribution in [1.29, 1.82) is 0 Å². The SMILES string of the molecule is O=S(=O)(Cl)c1cc(CF)co1. The topological polar surface area (TPSA) is 47.3 Å². The number of furan rings is 1. The predicted molar refractivity (Wildman–Crippen MR) is 36.6 cm³/mol. The van der Waals surface area contributed by atoms with Crippen LogP contribution in [0.4, 0.5) is 4.39 Å². The maximum Gasteiger partial charge on any atom is 0.294 e. The summed E-state index contributed by atoms with van der Waals surface area (Å²) in [6.07, 6.45) is 1.01. The van der Waals surface area contributed by atoms with Gasteiger partial charge in [0.05, 0.1) is 6.26 Å². The van der Waals surface area contributed by atoms with Gasteiger partial charge in [0.25, 0.3) is 9.05 Å². The fourth-order valence-corrected chi connectivity index (χ4v) is 1.25. The van der Waals surface area contributed by atoms with Gasteiger partial charge in [0, 0.05) is 22.3 Å². The monoisotopic (exact) mass is 198 g/mol. The molecular weight excluding hydrogens is 195 g/mol. The summed E-state index contributed by atoms with van der Waals surface area (Å²) >= 11 is 0. The maximum atomic E-state index is 11.8. The molecule has 0 atom stereocenters. The molecule has 0 amide bonds. The molecule has 0 N–H and O–H groups in total. The molecule has 11 heavy (non-hydrogen) atoms. The normalized spacial score (nSPS) is 11.8. The molecule has 0 unspecified atom stereocenters. The third-order valence-corrected chi connectivity index (χ3v) is 2.18. The Bertz CT molecular complexity index is 342. The van der Waals surface area contributed by atoms with Crippen LogP contribution in [-0.2, 0) is 15.7 Å². The van der Waals surface area contributed by atoms with Crippen molar-refractivity contribution >= 4 is 19.7 Å². The number of halogens is 2. The van der Waals surface area contributed by atoms with E-state index in [0.717, 1.165) is 12.3 Å². The van der Waals surface area contributed by atoms with Crippen LogP contribution in [0.2, 0.25) is 0 Å². The van der Waals surface area contributed by atoms with Crippen molar-refractivity contribution in [3.8, 4) is 0 Å². The summed E-state index contributed by atoms with van der Waals surface area (Å²) < 4.78 is 37.3. The zero-order chi connectivity index (χ0) is 8.48. The first-order valence-corrected chi connectivity index (χ1v) is 4.93. The first kappa shape index (κ1) is 8.55. The maximum absolute atomic E-state index is 11.8. The molecule has 1 rings (SSSR count). The van der Waals surface area contributed by atoms with Crippen molar-refractivity contribution in [3.05, 3.63) is 17.9 Å². The highest BCUT2D eigenvalue weighted by molar-refractivity contribution is 8.13. The molecule has 1 aromatic heterocycles. The molecule has 0 radical (unpaired) electrons. The molecule has 1 heterocycles. The van der Waals surface area contributed by atoms with Gasteiger partial charge in [0.1, 0.15) is 6.67 Å². The van der Waals surface area contributed by atoms with Gasteiger partial charge >= 0.3 is 0 Å². The number of rotatable bonds is 2. The Morgan fingerprint density at radius 3 is 2.55 bits per heavy atom. The van der Waals surface area contributed by atoms with Crippen molar-refractivity contribution < 1.29 is 17.2 Å². The Balaban J connectivity index is 3.09. The minimum Gasteiger partial charge on any atom is -0.451 e. The van der Waals surface area contributed by atoms with Crippen LogP contribution in [0.5, 0.6) is 0 Å². The Labute approximate surface area is 67.2 Å². The van der Waals surface area contributed by atoms with Crippen molar-refractivity contribution in [2.24, 2.45) is 0 Å². The smallest absolute Gasteiger partial charge is 0.294 e. The summed E-state index contributed by atoms with van der Waals surface area (Å²) in [4.78, 5) is 0. The van der Waals surface area contributed by atoms with E-state index in [4.69, 9.17) is 10.7 Å². The van der Waals surface area contributed by atoms with E-state index in [1.54, 1.807) is 0 Å². The highest BCUT2D eigenvalue weighted by Crippen LogP contribution is 2.18. The third-order valence-electron chi connectivity index (χ3n) is 1.02. The molecule has 0 bridgehead atoms. The fourth-order valence-electron chi connectivity index (χ4n) is 0.551. The van der Waals surface area contributed by atoms with E-state index >= 15 is 0 Å². The zero-order valence-electron chi connectivity index (χ0n) is 5.25. The van der Waals surface area contributed by atoms with Gasteiger partial charge < -0.3 is 4.42 Å². The molecule has 62 valence electrons. The molecule has 0 aromatic carbocycles. The lowest BCUT2D eigenvalue weighted by atomic mass is 10.4. The number of alkyl halides is 1. The number of hydrogen-bond donors (Lipinski definition) is 0. The van der Waals surface area contributed by atoms with Gasteiger partial charge in [-0.05, 0) is 0 Å². The van der Waals surface area contributed by atoms with E-state index in [9.17, 15) is 12.8 Å². The summed E-state index contributed by atoms with van der Waals surface area (Å²) in [5.41, 5.74) is 0.157. The van der Waals surface area contributed by atoms with Crippen molar-refractivity contribution in [2.75, 3.05) is 0 Å². The van der Waals surface area contributed by atoms with Crippen LogP contribution < -0.4 is 0 Å². The Morgan fingerprint density at radius 2 is 2.27 bits per heavy atom. The molecule has 1 aromatic rings. The summed E-state index contributed by atoms with van der Waals surface area (Å²) in [7, 11) is 1.03. The van der Waals surface area contributed by atoms with Crippen LogP contribution in [0.3, 0.4) is 0 Å². The van der Waals surface area contributed by atoms with Crippen molar-refractivity contribution in [3.63, 3.8) is 0 Å². The largest absolute Gasteiger partial charge is 0.451 e. The molecule has 0 aliphatic carbocycles. The van der Waals surface area contributed by atoms with E-state index < -0.39 is 20.8 Å². The first-order chi connectivity index (χ1) is 5.04.